The first-order chi connectivity index (χ1) is 33.3. The molecule has 0 saturated heterocycles. The monoisotopic (exact) mass is 958 g/mol. The highest BCUT2D eigenvalue weighted by atomic mass is 31.2. The van der Waals surface area contributed by atoms with E-state index in [0.717, 1.165) is 10.6 Å². The molecule has 330 valence electrons. The maximum Gasteiger partial charge on any atom is 0.206 e. The molecule has 0 saturated carbocycles. The van der Waals surface area contributed by atoms with Gasteiger partial charge in [0.15, 0.2) is 5.57 Å². The Morgan fingerprint density at radius 3 is 0.794 bits per heavy atom. The standard InChI is InChI=1S/C55H42N6O3P4/c62-66(44-29-13-3-14-30-44,45-31-15-4-16-32-45)53-57-50(56-52(60-53)65(42-25-9-1-10-26-42)43-27-11-2-12-28-43)41-51-58-54(67(63,46-33-17-5-18-34-46)47-35-19-6-20-36-47)61-55(59-51)68(64,48-37-21-7-22-38-48)49-39-23-8-24-40-49/h1-40H,41H2. The Balaban J connectivity index is 1.26. The molecule has 10 rings (SSSR count). The second-order valence-corrected chi connectivity index (χ2v) is 25.8. The second-order valence-electron chi connectivity index (χ2n) is 15.7. The van der Waals surface area contributed by atoms with Gasteiger partial charge >= 0.3 is 0 Å². The highest BCUT2D eigenvalue weighted by molar-refractivity contribution is 7.86. The van der Waals surface area contributed by atoms with E-state index in [0.29, 0.717) is 37.4 Å². The van der Waals surface area contributed by atoms with E-state index in [1.165, 1.54) is 0 Å². The minimum atomic E-state index is -3.89. The zero-order valence-corrected chi connectivity index (χ0v) is 40.1. The van der Waals surface area contributed by atoms with Crippen molar-refractivity contribution in [2.45, 2.75) is 6.42 Å². The van der Waals surface area contributed by atoms with Crippen molar-refractivity contribution < 1.29 is 13.7 Å². The van der Waals surface area contributed by atoms with E-state index >= 15 is 13.7 Å². The molecule has 0 aliphatic heterocycles. The molecular weight excluding hydrogens is 917 g/mol. The average molecular weight is 959 g/mol. The smallest absolute Gasteiger partial charge is 0.206 e. The Morgan fingerprint density at radius 1 is 0.279 bits per heavy atom. The molecule has 0 aliphatic rings. The summed E-state index contributed by atoms with van der Waals surface area (Å²) >= 11 is 0. The fourth-order valence-corrected chi connectivity index (χ4v) is 17.7. The number of rotatable bonds is 14. The van der Waals surface area contributed by atoms with Crippen LogP contribution in [-0.2, 0) is 20.1 Å². The molecule has 0 spiro atoms. The molecule has 8 aromatic carbocycles. The van der Waals surface area contributed by atoms with Gasteiger partial charge in [-0.25, -0.2) is 29.9 Å². The third-order valence-electron chi connectivity index (χ3n) is 11.4. The van der Waals surface area contributed by atoms with Gasteiger partial charge in [0.2, 0.25) is 38.1 Å². The molecule has 68 heavy (non-hydrogen) atoms. The lowest BCUT2D eigenvalue weighted by molar-refractivity contribution is 0.589. The van der Waals surface area contributed by atoms with Gasteiger partial charge in [-0.15, -0.1) is 0 Å². The SMILES string of the molecule is O=P(c1ccccc1)(c1ccccc1)c1nc(Cc2nc(P(=O)(c3ccccc3)c3ccccc3)nc(P(=O)(c3ccccc3)c3ccccc3)n2)nc(P(c2ccccc2)c2ccccc2)n1. The zero-order valence-electron chi connectivity index (χ0n) is 36.5. The Bertz CT molecular complexity index is 3170. The quantitative estimate of drug-likeness (QED) is 0.115. The topological polar surface area (TPSA) is 129 Å². The van der Waals surface area contributed by atoms with Gasteiger partial charge in [0.25, 0.3) is 0 Å². The van der Waals surface area contributed by atoms with Gasteiger partial charge in [0, 0.05) is 39.7 Å². The Kier molecular flexibility index (Phi) is 12.9. The van der Waals surface area contributed by atoms with Crippen LogP contribution in [0.15, 0.2) is 243 Å². The van der Waals surface area contributed by atoms with E-state index in [9.17, 15) is 0 Å². The van der Waals surface area contributed by atoms with Crippen LogP contribution in [0, 0.1) is 0 Å². The molecule has 0 unspecified atom stereocenters. The molecule has 0 aliphatic carbocycles. The van der Waals surface area contributed by atoms with E-state index in [4.69, 9.17) is 29.9 Å². The molecule has 0 atom stereocenters. The van der Waals surface area contributed by atoms with Crippen LogP contribution in [0.4, 0.5) is 0 Å². The fraction of sp³-hybridized carbons (Fsp3) is 0.0182. The van der Waals surface area contributed by atoms with Crippen LogP contribution >= 0.6 is 29.3 Å². The number of nitrogens with zero attached hydrogens (tertiary/aromatic N) is 6. The molecule has 9 nitrogen and oxygen atoms in total. The molecule has 0 bridgehead atoms. The average Bonchev–Trinajstić information content (AvgIpc) is 3.42. The third-order valence-corrected chi connectivity index (χ3v) is 22.1. The van der Waals surface area contributed by atoms with Crippen molar-refractivity contribution in [3.8, 4) is 0 Å². The molecule has 10 aromatic rings. The molecule has 0 radical (unpaired) electrons. The summed E-state index contributed by atoms with van der Waals surface area (Å²) in [7, 11) is -13.0. The van der Waals surface area contributed by atoms with Gasteiger partial charge in [-0.05, 0) is 10.6 Å². The van der Waals surface area contributed by atoms with E-state index in [-0.39, 0.29) is 34.8 Å². The van der Waals surface area contributed by atoms with Gasteiger partial charge in [-0.3, -0.25) is 0 Å². The Labute approximate surface area is 396 Å². The van der Waals surface area contributed by atoms with Crippen molar-refractivity contribution in [2.24, 2.45) is 0 Å². The lowest BCUT2D eigenvalue weighted by Crippen LogP contribution is -2.39. The van der Waals surface area contributed by atoms with Gasteiger partial charge in [0.05, 0.1) is 6.42 Å². The van der Waals surface area contributed by atoms with Crippen molar-refractivity contribution in [3.05, 3.63) is 254 Å². The Morgan fingerprint density at radius 2 is 0.515 bits per heavy atom. The predicted octanol–water partition coefficient (Wildman–Crippen LogP) is 6.32. The fourth-order valence-electron chi connectivity index (χ4n) is 8.11. The van der Waals surface area contributed by atoms with E-state index in [1.54, 1.807) is 48.5 Å². The summed E-state index contributed by atoms with van der Waals surface area (Å²) in [5, 5.41) is 5.06. The first kappa shape index (κ1) is 44.7. The maximum absolute atomic E-state index is 16.2. The molecule has 0 N–H and O–H groups in total. The van der Waals surface area contributed by atoms with Crippen molar-refractivity contribution >= 4 is 94.0 Å². The summed E-state index contributed by atoms with van der Waals surface area (Å²) in [6.45, 7) is 0. The molecule has 0 fully saturated rings. The Hall–Kier alpha value is -7.10. The normalized spacial score (nSPS) is 11.9. The lowest BCUT2D eigenvalue weighted by atomic mass is 10.4. The van der Waals surface area contributed by atoms with Crippen LogP contribution in [-0.4, -0.2) is 29.9 Å². The van der Waals surface area contributed by atoms with Crippen LogP contribution in [0.3, 0.4) is 0 Å². The van der Waals surface area contributed by atoms with Gasteiger partial charge in [0.1, 0.15) is 11.6 Å². The van der Waals surface area contributed by atoms with E-state index in [1.807, 2.05) is 170 Å². The van der Waals surface area contributed by atoms with Crippen molar-refractivity contribution in [3.63, 3.8) is 0 Å². The van der Waals surface area contributed by atoms with Gasteiger partial charge in [-0.1, -0.05) is 243 Å². The first-order valence-electron chi connectivity index (χ1n) is 21.9. The molecule has 13 heteroatoms. The lowest BCUT2D eigenvalue weighted by Gasteiger charge is -2.23. The number of benzene rings is 8. The maximum atomic E-state index is 16.2. The number of hydrogen-bond donors (Lipinski definition) is 0. The van der Waals surface area contributed by atoms with Crippen LogP contribution in [0.1, 0.15) is 11.6 Å². The summed E-state index contributed by atoms with van der Waals surface area (Å²) < 4.78 is 48.6. The van der Waals surface area contributed by atoms with Crippen LogP contribution in [0.5, 0.6) is 0 Å². The van der Waals surface area contributed by atoms with Crippen LogP contribution in [0.2, 0.25) is 0 Å². The predicted molar refractivity (Wildman–Crippen MR) is 279 cm³/mol. The summed E-state index contributed by atoms with van der Waals surface area (Å²) in [4.78, 5) is 30.8. The third kappa shape index (κ3) is 8.67. The second kappa shape index (κ2) is 19.6. The summed E-state index contributed by atoms with van der Waals surface area (Å²) in [5.41, 5.74) is 0.456. The highest BCUT2D eigenvalue weighted by Crippen LogP contribution is 2.45. The van der Waals surface area contributed by atoms with Crippen molar-refractivity contribution in [1.82, 2.24) is 29.9 Å². The minimum Gasteiger partial charge on any atom is -0.305 e. The summed E-state index contributed by atoms with van der Waals surface area (Å²) in [6.07, 6.45) is -0.144. The zero-order chi connectivity index (χ0) is 46.4. The number of aromatic nitrogens is 6. The molecule has 0 amide bonds. The van der Waals surface area contributed by atoms with Gasteiger partial charge < -0.3 is 13.7 Å². The highest BCUT2D eigenvalue weighted by Gasteiger charge is 2.40. The van der Waals surface area contributed by atoms with Crippen LogP contribution < -0.4 is 64.7 Å². The van der Waals surface area contributed by atoms with Crippen molar-refractivity contribution in [2.75, 3.05) is 0 Å². The summed E-state index contributed by atoms with van der Waals surface area (Å²) in [6, 6.07) is 75.1. The summed E-state index contributed by atoms with van der Waals surface area (Å²) in [5.74, 6) is 0.355. The first-order valence-corrected chi connectivity index (χ1v) is 28.4. The molecular formula is C55H42N6O3P4. The van der Waals surface area contributed by atoms with E-state index in [2.05, 4.69) is 24.3 Å². The molecule has 2 heterocycles. The van der Waals surface area contributed by atoms with Crippen molar-refractivity contribution in [1.29, 1.82) is 0 Å². The number of hydrogen-bond acceptors (Lipinski definition) is 9. The van der Waals surface area contributed by atoms with E-state index < -0.39 is 29.3 Å². The van der Waals surface area contributed by atoms with Gasteiger partial charge in [-0.2, -0.15) is 0 Å². The van der Waals surface area contributed by atoms with Crippen LogP contribution in [0.25, 0.3) is 0 Å². The minimum absolute atomic E-state index is 0.0356. The molecule has 2 aromatic heterocycles. The largest absolute Gasteiger partial charge is 0.305 e.